The lowest BCUT2D eigenvalue weighted by molar-refractivity contribution is -0.123. The Morgan fingerprint density at radius 1 is 1.14 bits per heavy atom. The van der Waals surface area contributed by atoms with Gasteiger partial charge in [-0.2, -0.15) is 0 Å². The minimum Gasteiger partial charge on any atom is -0.487 e. The zero-order chi connectivity index (χ0) is 14.3. The fourth-order valence-electron chi connectivity index (χ4n) is 3.88. The van der Waals surface area contributed by atoms with E-state index in [2.05, 4.69) is 17.4 Å². The molecule has 3 aliphatic rings. The van der Waals surface area contributed by atoms with Crippen molar-refractivity contribution in [3.63, 3.8) is 0 Å². The number of benzene rings is 1. The number of nitrogens with one attached hydrogen (secondary N) is 1. The van der Waals surface area contributed by atoms with Crippen LogP contribution in [-0.2, 0) is 4.79 Å². The Labute approximate surface area is 126 Å². The highest BCUT2D eigenvalue weighted by Gasteiger charge is 2.43. The molecular weight excluding hydrogens is 262 g/mol. The van der Waals surface area contributed by atoms with E-state index in [1.54, 1.807) is 0 Å². The van der Waals surface area contributed by atoms with Crippen LogP contribution in [0.3, 0.4) is 0 Å². The molecule has 0 aromatic heterocycles. The molecule has 1 N–H and O–H groups in total. The molecule has 0 saturated heterocycles. The second-order valence-corrected chi connectivity index (χ2v) is 6.92. The van der Waals surface area contributed by atoms with Gasteiger partial charge in [0.2, 0.25) is 5.91 Å². The van der Waals surface area contributed by atoms with E-state index in [0.29, 0.717) is 0 Å². The van der Waals surface area contributed by atoms with Crippen LogP contribution >= 0.6 is 0 Å². The van der Waals surface area contributed by atoms with Crippen molar-refractivity contribution in [2.24, 2.45) is 5.92 Å². The molecule has 2 aliphatic carbocycles. The number of fused-ring (bicyclic) bond motifs is 1. The maximum Gasteiger partial charge on any atom is 0.223 e. The van der Waals surface area contributed by atoms with Crippen LogP contribution in [0, 0.1) is 5.92 Å². The molecule has 3 heteroatoms. The molecule has 1 aromatic carbocycles. The fraction of sp³-hybridized carbons (Fsp3) is 0.611. The minimum absolute atomic E-state index is 0.0475. The van der Waals surface area contributed by atoms with E-state index in [-0.39, 0.29) is 23.5 Å². The van der Waals surface area contributed by atoms with Gasteiger partial charge >= 0.3 is 0 Å². The molecule has 1 unspecified atom stereocenters. The van der Waals surface area contributed by atoms with E-state index in [9.17, 15) is 4.79 Å². The van der Waals surface area contributed by atoms with Crippen molar-refractivity contribution < 1.29 is 9.53 Å². The average molecular weight is 285 g/mol. The van der Waals surface area contributed by atoms with Gasteiger partial charge in [0, 0.05) is 17.9 Å². The van der Waals surface area contributed by atoms with Gasteiger partial charge in [0.05, 0.1) is 6.04 Å². The Hall–Kier alpha value is -1.51. The van der Waals surface area contributed by atoms with Crippen molar-refractivity contribution >= 4 is 5.91 Å². The molecule has 21 heavy (non-hydrogen) atoms. The maximum absolute atomic E-state index is 12.2. The zero-order valence-corrected chi connectivity index (χ0v) is 12.4. The van der Waals surface area contributed by atoms with Gasteiger partial charge in [0.25, 0.3) is 0 Å². The zero-order valence-electron chi connectivity index (χ0n) is 12.4. The molecular formula is C18H23NO2. The number of para-hydroxylation sites is 1. The number of rotatable bonds is 2. The summed E-state index contributed by atoms with van der Waals surface area (Å²) < 4.78 is 6.40. The largest absolute Gasteiger partial charge is 0.487 e. The third-order valence-electron chi connectivity index (χ3n) is 5.23. The average Bonchev–Trinajstić information content (AvgIpc) is 3.32. The summed E-state index contributed by atoms with van der Waals surface area (Å²) in [6.07, 6.45) is 9.09. The van der Waals surface area contributed by atoms with Crippen LogP contribution < -0.4 is 10.1 Å². The van der Waals surface area contributed by atoms with Crippen molar-refractivity contribution in [3.8, 4) is 5.75 Å². The smallest absolute Gasteiger partial charge is 0.223 e. The first-order valence-electron chi connectivity index (χ1n) is 8.34. The monoisotopic (exact) mass is 285 g/mol. The molecule has 2 fully saturated rings. The number of carbonyl (C=O) groups is 1. The van der Waals surface area contributed by atoms with E-state index in [1.807, 2.05) is 12.1 Å². The number of hydrogen-bond acceptors (Lipinski definition) is 2. The van der Waals surface area contributed by atoms with E-state index in [4.69, 9.17) is 4.74 Å². The van der Waals surface area contributed by atoms with E-state index in [0.717, 1.165) is 43.4 Å². The summed E-state index contributed by atoms with van der Waals surface area (Å²) in [5.74, 6) is 1.48. The second kappa shape index (κ2) is 5.04. The van der Waals surface area contributed by atoms with Crippen molar-refractivity contribution in [2.45, 2.75) is 63.0 Å². The Morgan fingerprint density at radius 2 is 1.90 bits per heavy atom. The topological polar surface area (TPSA) is 38.3 Å². The molecule has 112 valence electrons. The SMILES string of the molecule is O=C(NC1CC2(CCCCC2)Oc2ccccc21)C1CC1. The molecule has 2 saturated carbocycles. The van der Waals surface area contributed by atoms with Crippen LogP contribution in [0.5, 0.6) is 5.75 Å². The van der Waals surface area contributed by atoms with Crippen LogP contribution in [0.15, 0.2) is 24.3 Å². The molecule has 3 nitrogen and oxygen atoms in total. The molecule has 0 radical (unpaired) electrons. The van der Waals surface area contributed by atoms with Crippen LogP contribution in [0.25, 0.3) is 0 Å². The van der Waals surface area contributed by atoms with Gasteiger partial charge in [-0.15, -0.1) is 0 Å². The summed E-state index contributed by atoms with van der Waals surface area (Å²) in [5, 5.41) is 3.29. The van der Waals surface area contributed by atoms with Crippen LogP contribution in [-0.4, -0.2) is 11.5 Å². The summed E-state index contributed by atoms with van der Waals surface area (Å²) in [6, 6.07) is 8.35. The molecule has 1 atom stereocenters. The Morgan fingerprint density at radius 3 is 2.67 bits per heavy atom. The number of carbonyl (C=O) groups excluding carboxylic acids is 1. The van der Waals surface area contributed by atoms with Gasteiger partial charge in [-0.25, -0.2) is 0 Å². The predicted octanol–water partition coefficient (Wildman–Crippen LogP) is 3.74. The Kier molecular flexibility index (Phi) is 3.16. The minimum atomic E-state index is -0.0475. The molecule has 1 aromatic rings. The van der Waals surface area contributed by atoms with E-state index < -0.39 is 0 Å². The lowest BCUT2D eigenvalue weighted by Crippen LogP contribution is -2.46. The highest BCUT2D eigenvalue weighted by Crippen LogP contribution is 2.46. The number of amides is 1. The van der Waals surface area contributed by atoms with Gasteiger partial charge in [-0.1, -0.05) is 24.6 Å². The molecule has 1 amide bonds. The third kappa shape index (κ3) is 2.54. The van der Waals surface area contributed by atoms with Crippen LogP contribution in [0.4, 0.5) is 0 Å². The highest BCUT2D eigenvalue weighted by atomic mass is 16.5. The fourth-order valence-corrected chi connectivity index (χ4v) is 3.88. The highest BCUT2D eigenvalue weighted by molar-refractivity contribution is 5.81. The first kappa shape index (κ1) is 13.2. The predicted molar refractivity (Wildman–Crippen MR) is 81.1 cm³/mol. The van der Waals surface area contributed by atoms with Crippen LogP contribution in [0.2, 0.25) is 0 Å². The van der Waals surface area contributed by atoms with E-state index in [1.165, 1.54) is 19.3 Å². The normalized spacial score (nSPS) is 26.8. The third-order valence-corrected chi connectivity index (χ3v) is 5.23. The summed E-state index contributed by atoms with van der Waals surface area (Å²) in [7, 11) is 0. The van der Waals surface area contributed by atoms with Gasteiger partial charge in [0.1, 0.15) is 11.4 Å². The maximum atomic E-state index is 12.2. The summed E-state index contributed by atoms with van der Waals surface area (Å²) in [5.41, 5.74) is 1.11. The van der Waals surface area contributed by atoms with Gasteiger partial charge < -0.3 is 10.1 Å². The summed E-state index contributed by atoms with van der Waals surface area (Å²) in [4.78, 5) is 12.2. The number of hydrogen-bond donors (Lipinski definition) is 1. The lowest BCUT2D eigenvalue weighted by atomic mass is 9.77. The van der Waals surface area contributed by atoms with Crippen molar-refractivity contribution in [2.75, 3.05) is 0 Å². The van der Waals surface area contributed by atoms with Gasteiger partial charge in [-0.05, 0) is 44.6 Å². The van der Waals surface area contributed by atoms with Gasteiger partial charge in [0.15, 0.2) is 0 Å². The standard InChI is InChI=1S/C18H23NO2/c20-17(13-8-9-13)19-15-12-18(10-4-1-5-11-18)21-16-7-3-2-6-14(15)16/h2-3,6-7,13,15H,1,4-5,8-12H2,(H,19,20). The molecule has 1 heterocycles. The molecule has 1 aliphatic heterocycles. The van der Waals surface area contributed by atoms with Crippen LogP contribution in [0.1, 0.15) is 63.0 Å². The summed E-state index contributed by atoms with van der Waals surface area (Å²) in [6.45, 7) is 0. The quantitative estimate of drug-likeness (QED) is 0.899. The van der Waals surface area contributed by atoms with Gasteiger partial charge in [-0.3, -0.25) is 4.79 Å². The van der Waals surface area contributed by atoms with Crippen molar-refractivity contribution in [1.82, 2.24) is 5.32 Å². The number of ether oxygens (including phenoxy) is 1. The molecule has 4 rings (SSSR count). The van der Waals surface area contributed by atoms with E-state index >= 15 is 0 Å². The molecule has 1 spiro atoms. The van der Waals surface area contributed by atoms with Crippen molar-refractivity contribution in [3.05, 3.63) is 29.8 Å². The first-order chi connectivity index (χ1) is 10.3. The first-order valence-corrected chi connectivity index (χ1v) is 8.34. The lowest BCUT2D eigenvalue weighted by Gasteiger charge is -2.44. The Balaban J connectivity index is 1.62. The van der Waals surface area contributed by atoms with Crippen molar-refractivity contribution in [1.29, 1.82) is 0 Å². The molecule has 0 bridgehead atoms. The summed E-state index contributed by atoms with van der Waals surface area (Å²) >= 11 is 0. The second-order valence-electron chi connectivity index (χ2n) is 6.92. The Bertz CT molecular complexity index is 544.